The van der Waals surface area contributed by atoms with Crippen LogP contribution in [-0.4, -0.2) is 20.2 Å². The Morgan fingerprint density at radius 1 is 1.50 bits per heavy atom. The van der Waals surface area contributed by atoms with Crippen LogP contribution in [0.1, 0.15) is 5.82 Å². The molecule has 1 aromatic carbocycles. The summed E-state index contributed by atoms with van der Waals surface area (Å²) in [4.78, 5) is 1.35. The number of anilines is 1. The number of aromatic nitrogens is 4. The average Bonchev–Trinajstić information content (AvgIpc) is 2.66. The van der Waals surface area contributed by atoms with E-state index in [9.17, 15) is 4.39 Å². The Labute approximate surface area is 96.2 Å². The molecule has 0 saturated heterocycles. The van der Waals surface area contributed by atoms with Crippen LogP contribution < -0.4 is 5.32 Å². The number of nitrogens with one attached hydrogen (secondary N) is 1. The van der Waals surface area contributed by atoms with Crippen LogP contribution in [0.4, 0.5) is 10.1 Å². The van der Waals surface area contributed by atoms with Gasteiger partial charge in [-0.25, -0.2) is 4.39 Å². The fourth-order valence-corrected chi connectivity index (χ4v) is 1.39. The quantitative estimate of drug-likeness (QED) is 0.887. The molecule has 16 heavy (non-hydrogen) atoms. The Morgan fingerprint density at radius 2 is 2.31 bits per heavy atom. The van der Waals surface area contributed by atoms with E-state index in [1.165, 1.54) is 23.0 Å². The van der Waals surface area contributed by atoms with Crippen LogP contribution in [0.3, 0.4) is 0 Å². The molecule has 0 aliphatic rings. The maximum absolute atomic E-state index is 12.9. The zero-order valence-corrected chi connectivity index (χ0v) is 9.24. The number of hydrogen-bond donors (Lipinski definition) is 1. The van der Waals surface area contributed by atoms with Gasteiger partial charge in [-0.3, -0.25) is 0 Å². The van der Waals surface area contributed by atoms with Crippen molar-refractivity contribution in [1.82, 2.24) is 20.2 Å². The van der Waals surface area contributed by atoms with Crippen LogP contribution in [0.15, 0.2) is 18.2 Å². The summed E-state index contributed by atoms with van der Waals surface area (Å²) in [7, 11) is 1.67. The van der Waals surface area contributed by atoms with Crippen LogP contribution in [0.25, 0.3) is 0 Å². The molecule has 0 aliphatic heterocycles. The van der Waals surface area contributed by atoms with E-state index in [1.807, 2.05) is 0 Å². The Balaban J connectivity index is 2.07. The number of hydrogen-bond acceptors (Lipinski definition) is 4. The van der Waals surface area contributed by atoms with Crippen LogP contribution in [0, 0.1) is 5.82 Å². The number of benzene rings is 1. The molecule has 7 heteroatoms. The SMILES string of the molecule is Cn1nnc(CNc2cc(F)ccc2Cl)n1. The second-order valence-electron chi connectivity index (χ2n) is 3.17. The van der Waals surface area contributed by atoms with Crippen molar-refractivity contribution in [2.75, 3.05) is 5.32 Å². The molecule has 0 bridgehead atoms. The lowest BCUT2D eigenvalue weighted by atomic mass is 10.3. The molecule has 0 spiro atoms. The highest BCUT2D eigenvalue weighted by Crippen LogP contribution is 2.22. The van der Waals surface area contributed by atoms with E-state index in [-0.39, 0.29) is 5.82 Å². The van der Waals surface area contributed by atoms with Gasteiger partial charge in [-0.05, 0) is 23.4 Å². The van der Waals surface area contributed by atoms with E-state index >= 15 is 0 Å². The van der Waals surface area contributed by atoms with Crippen LogP contribution in [0.2, 0.25) is 5.02 Å². The summed E-state index contributed by atoms with van der Waals surface area (Å²) >= 11 is 5.88. The standard InChI is InChI=1S/C9H9ClFN5/c1-16-14-9(13-15-16)5-12-8-4-6(11)2-3-7(8)10/h2-4,12H,5H2,1H3. The predicted octanol–water partition coefficient (Wildman–Crippen LogP) is 1.61. The predicted molar refractivity (Wildman–Crippen MR) is 57.5 cm³/mol. The highest BCUT2D eigenvalue weighted by molar-refractivity contribution is 6.33. The molecular formula is C9H9ClFN5. The molecule has 0 saturated carbocycles. The smallest absolute Gasteiger partial charge is 0.193 e. The first-order valence-electron chi connectivity index (χ1n) is 4.57. The minimum Gasteiger partial charge on any atom is -0.376 e. The third-order valence-corrected chi connectivity index (χ3v) is 2.24. The molecule has 1 heterocycles. The summed E-state index contributed by atoms with van der Waals surface area (Å²) in [6.45, 7) is 0.344. The normalized spacial score (nSPS) is 10.4. The third kappa shape index (κ3) is 2.46. The van der Waals surface area contributed by atoms with Crippen molar-refractivity contribution in [2.24, 2.45) is 7.05 Å². The molecule has 0 atom stereocenters. The van der Waals surface area contributed by atoms with E-state index < -0.39 is 0 Å². The molecule has 0 radical (unpaired) electrons. The van der Waals surface area contributed by atoms with E-state index in [4.69, 9.17) is 11.6 Å². The van der Waals surface area contributed by atoms with Crippen molar-refractivity contribution in [3.8, 4) is 0 Å². The first-order chi connectivity index (χ1) is 7.65. The molecule has 0 amide bonds. The maximum Gasteiger partial charge on any atom is 0.193 e. The highest BCUT2D eigenvalue weighted by Gasteiger charge is 2.04. The Morgan fingerprint density at radius 3 is 3.00 bits per heavy atom. The van der Waals surface area contributed by atoms with Crippen LogP contribution >= 0.6 is 11.6 Å². The van der Waals surface area contributed by atoms with Gasteiger partial charge in [0, 0.05) is 0 Å². The first-order valence-corrected chi connectivity index (χ1v) is 4.95. The zero-order valence-electron chi connectivity index (χ0n) is 8.48. The second-order valence-corrected chi connectivity index (χ2v) is 3.58. The maximum atomic E-state index is 12.9. The molecule has 84 valence electrons. The molecule has 0 unspecified atom stereocenters. The van der Waals surface area contributed by atoms with E-state index in [0.29, 0.717) is 23.1 Å². The van der Waals surface area contributed by atoms with Gasteiger partial charge >= 0.3 is 0 Å². The number of halogens is 2. The lowest BCUT2D eigenvalue weighted by molar-refractivity contribution is 0.627. The van der Waals surface area contributed by atoms with Gasteiger partial charge in [0.05, 0.1) is 24.3 Å². The molecule has 2 aromatic rings. The number of nitrogens with zero attached hydrogens (tertiary/aromatic N) is 4. The van der Waals surface area contributed by atoms with Gasteiger partial charge in [-0.2, -0.15) is 4.80 Å². The summed E-state index contributed by atoms with van der Waals surface area (Å²) in [5.41, 5.74) is 0.508. The topological polar surface area (TPSA) is 55.6 Å². The lowest BCUT2D eigenvalue weighted by Crippen LogP contribution is -2.03. The lowest BCUT2D eigenvalue weighted by Gasteiger charge is -2.05. The van der Waals surface area contributed by atoms with Gasteiger partial charge in [-0.15, -0.1) is 10.2 Å². The van der Waals surface area contributed by atoms with Crippen molar-refractivity contribution in [3.63, 3.8) is 0 Å². The molecule has 2 rings (SSSR count). The number of rotatable bonds is 3. The zero-order chi connectivity index (χ0) is 11.5. The first kappa shape index (κ1) is 10.8. The minimum absolute atomic E-state index is 0.344. The number of tetrazole rings is 1. The van der Waals surface area contributed by atoms with Gasteiger partial charge < -0.3 is 5.32 Å². The third-order valence-electron chi connectivity index (χ3n) is 1.92. The summed E-state index contributed by atoms with van der Waals surface area (Å²) in [5.74, 6) is 0.168. The van der Waals surface area contributed by atoms with Gasteiger partial charge in [0.25, 0.3) is 0 Å². The van der Waals surface area contributed by atoms with Crippen LogP contribution in [0.5, 0.6) is 0 Å². The molecular weight excluding hydrogens is 233 g/mol. The molecule has 1 N–H and O–H groups in total. The van der Waals surface area contributed by atoms with Gasteiger partial charge in [0.1, 0.15) is 5.82 Å². The van der Waals surface area contributed by atoms with Crippen molar-refractivity contribution < 1.29 is 4.39 Å². The van der Waals surface area contributed by atoms with Crippen LogP contribution in [-0.2, 0) is 13.6 Å². The largest absolute Gasteiger partial charge is 0.376 e. The highest BCUT2D eigenvalue weighted by atomic mass is 35.5. The monoisotopic (exact) mass is 241 g/mol. The summed E-state index contributed by atoms with van der Waals surface area (Å²) in [5, 5.41) is 14.8. The Hall–Kier alpha value is -1.69. The summed E-state index contributed by atoms with van der Waals surface area (Å²) in [6.07, 6.45) is 0. The van der Waals surface area contributed by atoms with E-state index in [1.54, 1.807) is 7.05 Å². The van der Waals surface area contributed by atoms with E-state index in [0.717, 1.165) is 0 Å². The minimum atomic E-state index is -0.348. The fourth-order valence-electron chi connectivity index (χ4n) is 1.20. The number of aryl methyl sites for hydroxylation is 1. The molecule has 0 fully saturated rings. The van der Waals surface area contributed by atoms with Crippen molar-refractivity contribution in [2.45, 2.75) is 6.54 Å². The Bertz CT molecular complexity index is 498. The van der Waals surface area contributed by atoms with Gasteiger partial charge in [0.15, 0.2) is 5.82 Å². The average molecular weight is 242 g/mol. The molecule has 0 aliphatic carbocycles. The molecule has 1 aromatic heterocycles. The van der Waals surface area contributed by atoms with E-state index in [2.05, 4.69) is 20.7 Å². The van der Waals surface area contributed by atoms with Gasteiger partial charge in [-0.1, -0.05) is 11.6 Å². The summed E-state index contributed by atoms with van der Waals surface area (Å²) < 4.78 is 12.9. The fraction of sp³-hybridized carbons (Fsp3) is 0.222. The second kappa shape index (κ2) is 4.44. The van der Waals surface area contributed by atoms with Crippen molar-refractivity contribution in [1.29, 1.82) is 0 Å². The molecule has 5 nitrogen and oxygen atoms in total. The van der Waals surface area contributed by atoms with Gasteiger partial charge in [0.2, 0.25) is 0 Å². The Kier molecular flexibility index (Phi) is 3.00. The van der Waals surface area contributed by atoms with Crippen molar-refractivity contribution in [3.05, 3.63) is 34.9 Å². The van der Waals surface area contributed by atoms with Crippen molar-refractivity contribution >= 4 is 17.3 Å². The summed E-state index contributed by atoms with van der Waals surface area (Å²) in [6, 6.07) is 4.11.